The maximum atomic E-state index is 12.5. The Hall–Kier alpha value is -2.09. The number of carbonyl (C=O) groups excluding carboxylic acids is 1. The lowest BCUT2D eigenvalue weighted by Crippen LogP contribution is -2.25. The van der Waals surface area contributed by atoms with Crippen molar-refractivity contribution in [2.45, 2.75) is 13.8 Å². The van der Waals surface area contributed by atoms with Crippen LogP contribution in [0.2, 0.25) is 0 Å². The summed E-state index contributed by atoms with van der Waals surface area (Å²) in [7, 11) is 1.77. The van der Waals surface area contributed by atoms with Gasteiger partial charge in [0.1, 0.15) is 6.61 Å². The molecule has 1 heterocycles. The minimum Gasteiger partial charge on any atom is -0.384 e. The van der Waals surface area contributed by atoms with Crippen LogP contribution >= 0.6 is 11.3 Å². The van der Waals surface area contributed by atoms with Gasteiger partial charge in [0.15, 0.2) is 0 Å². The second-order valence-electron chi connectivity index (χ2n) is 4.78. The van der Waals surface area contributed by atoms with Gasteiger partial charge in [0.25, 0.3) is 5.91 Å². The van der Waals surface area contributed by atoms with Crippen molar-refractivity contribution in [2.75, 3.05) is 18.6 Å². The van der Waals surface area contributed by atoms with Crippen molar-refractivity contribution in [3.8, 4) is 11.8 Å². The fourth-order valence-corrected chi connectivity index (χ4v) is 2.91. The highest BCUT2D eigenvalue weighted by Crippen LogP contribution is 2.24. The standard InChI is InChI=1S/C17H17NO2S/c1-12-6-8-14(9-7-12)18(3)17(20)16-11-13(2)15(21-16)5-4-10-19/h6-9,11,19H,10H2,1-3H3. The average molecular weight is 299 g/mol. The zero-order chi connectivity index (χ0) is 15.4. The quantitative estimate of drug-likeness (QED) is 0.866. The second kappa shape index (κ2) is 6.57. The number of amides is 1. The van der Waals surface area contributed by atoms with Crippen molar-refractivity contribution in [3.05, 3.63) is 51.2 Å². The predicted octanol–water partition coefficient (Wildman–Crippen LogP) is 2.99. The van der Waals surface area contributed by atoms with Gasteiger partial charge in [0.05, 0.1) is 9.75 Å². The van der Waals surface area contributed by atoms with Gasteiger partial charge in [-0.1, -0.05) is 29.5 Å². The summed E-state index contributed by atoms with van der Waals surface area (Å²) in [6.45, 7) is 3.75. The van der Waals surface area contributed by atoms with Crippen molar-refractivity contribution >= 4 is 22.9 Å². The Bertz CT molecular complexity index is 705. The highest BCUT2D eigenvalue weighted by molar-refractivity contribution is 7.14. The molecule has 108 valence electrons. The molecule has 0 fully saturated rings. The highest BCUT2D eigenvalue weighted by Gasteiger charge is 2.17. The fourth-order valence-electron chi connectivity index (χ4n) is 1.88. The van der Waals surface area contributed by atoms with Crippen LogP contribution in [0.3, 0.4) is 0 Å². The summed E-state index contributed by atoms with van der Waals surface area (Å²) >= 11 is 1.36. The number of nitrogens with zero attached hydrogens (tertiary/aromatic N) is 1. The first-order valence-electron chi connectivity index (χ1n) is 6.58. The summed E-state index contributed by atoms with van der Waals surface area (Å²) < 4.78 is 0. The monoisotopic (exact) mass is 299 g/mol. The van der Waals surface area contributed by atoms with Crippen molar-refractivity contribution in [2.24, 2.45) is 0 Å². The van der Waals surface area contributed by atoms with E-state index in [1.165, 1.54) is 11.3 Å². The summed E-state index contributed by atoms with van der Waals surface area (Å²) in [6, 6.07) is 9.67. The number of rotatable bonds is 2. The summed E-state index contributed by atoms with van der Waals surface area (Å²) in [6.07, 6.45) is 0. The molecule has 0 atom stereocenters. The van der Waals surface area contributed by atoms with E-state index in [9.17, 15) is 4.79 Å². The van der Waals surface area contributed by atoms with Crippen LogP contribution in [0, 0.1) is 25.7 Å². The van der Waals surface area contributed by atoms with Crippen LogP contribution < -0.4 is 4.90 Å². The molecule has 0 aliphatic rings. The third-order valence-corrected chi connectivity index (χ3v) is 4.28. The molecule has 0 saturated heterocycles. The number of carbonyl (C=O) groups is 1. The Kier molecular flexibility index (Phi) is 4.79. The molecule has 0 bridgehead atoms. The van der Waals surface area contributed by atoms with Crippen LogP contribution in [0.1, 0.15) is 25.7 Å². The molecule has 1 aromatic carbocycles. The lowest BCUT2D eigenvalue weighted by atomic mass is 10.2. The summed E-state index contributed by atoms with van der Waals surface area (Å²) in [4.78, 5) is 15.6. The summed E-state index contributed by atoms with van der Waals surface area (Å²) in [5.41, 5.74) is 2.98. The van der Waals surface area contributed by atoms with Gasteiger partial charge < -0.3 is 10.0 Å². The third-order valence-electron chi connectivity index (χ3n) is 3.14. The molecule has 2 rings (SSSR count). The molecule has 0 unspecified atom stereocenters. The minimum atomic E-state index is -0.177. The smallest absolute Gasteiger partial charge is 0.268 e. The van der Waals surface area contributed by atoms with Crippen LogP contribution in [0.15, 0.2) is 30.3 Å². The Morgan fingerprint density at radius 2 is 1.95 bits per heavy atom. The molecule has 0 spiro atoms. The van der Waals surface area contributed by atoms with Gasteiger partial charge in [-0.3, -0.25) is 4.79 Å². The van der Waals surface area contributed by atoms with Gasteiger partial charge in [-0.25, -0.2) is 0 Å². The number of hydrogen-bond acceptors (Lipinski definition) is 3. The molecule has 4 heteroatoms. The Balaban J connectivity index is 2.25. The fraction of sp³-hybridized carbons (Fsp3) is 0.235. The van der Waals surface area contributed by atoms with E-state index in [-0.39, 0.29) is 12.5 Å². The van der Waals surface area contributed by atoms with Gasteiger partial charge in [-0.05, 0) is 37.6 Å². The predicted molar refractivity (Wildman–Crippen MR) is 86.9 cm³/mol. The average Bonchev–Trinajstić information content (AvgIpc) is 2.85. The first-order valence-corrected chi connectivity index (χ1v) is 7.39. The molecule has 0 aliphatic heterocycles. The van der Waals surface area contributed by atoms with Gasteiger partial charge in [-0.15, -0.1) is 11.3 Å². The number of anilines is 1. The van der Waals surface area contributed by atoms with E-state index in [0.717, 1.165) is 21.7 Å². The van der Waals surface area contributed by atoms with Crippen LogP contribution in [0.5, 0.6) is 0 Å². The first kappa shape index (κ1) is 15.3. The Morgan fingerprint density at radius 3 is 2.57 bits per heavy atom. The molecule has 0 saturated carbocycles. The molecule has 1 aromatic heterocycles. The van der Waals surface area contributed by atoms with Crippen molar-refractivity contribution in [1.29, 1.82) is 0 Å². The van der Waals surface area contributed by atoms with Crippen molar-refractivity contribution in [1.82, 2.24) is 0 Å². The Morgan fingerprint density at radius 1 is 1.29 bits per heavy atom. The molecule has 1 N–H and O–H groups in total. The zero-order valence-electron chi connectivity index (χ0n) is 12.3. The van der Waals surface area contributed by atoms with E-state index in [1.807, 2.05) is 44.2 Å². The van der Waals surface area contributed by atoms with Gasteiger partial charge >= 0.3 is 0 Å². The number of aliphatic hydroxyl groups excluding tert-OH is 1. The third kappa shape index (κ3) is 3.52. The molecule has 21 heavy (non-hydrogen) atoms. The van der Waals surface area contributed by atoms with Gasteiger partial charge in [0.2, 0.25) is 0 Å². The normalized spacial score (nSPS) is 9.90. The van der Waals surface area contributed by atoms with Crippen molar-refractivity contribution in [3.63, 3.8) is 0 Å². The molecular weight excluding hydrogens is 282 g/mol. The maximum Gasteiger partial charge on any atom is 0.268 e. The molecule has 1 amide bonds. The minimum absolute atomic E-state index is 0.0519. The van der Waals surface area contributed by atoms with Crippen LogP contribution in [0.4, 0.5) is 5.69 Å². The van der Waals surface area contributed by atoms with Crippen LogP contribution in [-0.2, 0) is 0 Å². The van der Waals surface area contributed by atoms with E-state index in [1.54, 1.807) is 11.9 Å². The highest BCUT2D eigenvalue weighted by atomic mass is 32.1. The van der Waals surface area contributed by atoms with Gasteiger partial charge in [0, 0.05) is 12.7 Å². The van der Waals surface area contributed by atoms with E-state index < -0.39 is 0 Å². The maximum absolute atomic E-state index is 12.5. The molecule has 2 aromatic rings. The molecule has 0 aliphatic carbocycles. The van der Waals surface area contributed by atoms with E-state index >= 15 is 0 Å². The Labute approximate surface area is 128 Å². The largest absolute Gasteiger partial charge is 0.384 e. The van der Waals surface area contributed by atoms with E-state index in [0.29, 0.717) is 4.88 Å². The van der Waals surface area contributed by atoms with Crippen LogP contribution in [0.25, 0.3) is 0 Å². The first-order chi connectivity index (χ1) is 10.0. The number of benzene rings is 1. The van der Waals surface area contributed by atoms with Gasteiger partial charge in [-0.2, -0.15) is 0 Å². The molecule has 3 nitrogen and oxygen atoms in total. The lowest BCUT2D eigenvalue weighted by molar-refractivity contribution is 0.0997. The lowest BCUT2D eigenvalue weighted by Gasteiger charge is -2.16. The van der Waals surface area contributed by atoms with Crippen LogP contribution in [-0.4, -0.2) is 24.7 Å². The second-order valence-corrected chi connectivity index (χ2v) is 5.83. The summed E-state index contributed by atoms with van der Waals surface area (Å²) in [5, 5.41) is 8.75. The topological polar surface area (TPSA) is 40.5 Å². The van der Waals surface area contributed by atoms with E-state index in [4.69, 9.17) is 5.11 Å². The molecular formula is C17H17NO2S. The number of hydrogen-bond donors (Lipinski definition) is 1. The SMILES string of the molecule is Cc1ccc(N(C)C(=O)c2cc(C)c(C#CCO)s2)cc1. The number of aryl methyl sites for hydroxylation is 2. The number of thiophene rings is 1. The van der Waals surface area contributed by atoms with Crippen molar-refractivity contribution < 1.29 is 9.90 Å². The summed E-state index contributed by atoms with van der Waals surface area (Å²) in [5.74, 6) is 5.44. The molecule has 0 radical (unpaired) electrons. The number of aliphatic hydroxyl groups is 1. The zero-order valence-corrected chi connectivity index (χ0v) is 13.1. The van der Waals surface area contributed by atoms with E-state index in [2.05, 4.69) is 11.8 Å².